The quantitative estimate of drug-likeness (QED) is 0.313. The number of hydrogen-bond donors (Lipinski definition) is 0. The van der Waals surface area contributed by atoms with Gasteiger partial charge in [0.2, 0.25) is 0 Å². The zero-order valence-corrected chi connectivity index (χ0v) is 15.3. The largest absolute Gasteiger partial charge is 0.0622 e. The van der Waals surface area contributed by atoms with Crippen LogP contribution in [0.15, 0.2) is 71.2 Å². The van der Waals surface area contributed by atoms with Crippen LogP contribution in [0.3, 0.4) is 0 Å². The monoisotopic (exact) mass is 372 g/mol. The fraction of sp³-hybridized carbons (Fsp3) is 0.130. The lowest BCUT2D eigenvalue weighted by molar-refractivity contribution is 0.662. The summed E-state index contributed by atoms with van der Waals surface area (Å²) in [4.78, 5) is 0. The standard InChI is InChI=1S/C23H17Br/c1-23(2)19-12-17(14-6-4-3-5-7-14)10-15-8-9-16-11-18(24)13-20(23)22(16)21(15)19/h3-13H,1-2H3. The van der Waals surface area contributed by atoms with Crippen molar-refractivity contribution in [3.05, 3.63) is 82.3 Å². The zero-order chi connectivity index (χ0) is 16.5. The van der Waals surface area contributed by atoms with Crippen LogP contribution in [0.4, 0.5) is 0 Å². The van der Waals surface area contributed by atoms with Crippen molar-refractivity contribution in [3.8, 4) is 11.1 Å². The normalized spacial score (nSPS) is 14.8. The van der Waals surface area contributed by atoms with Gasteiger partial charge in [0, 0.05) is 9.89 Å². The molecular weight excluding hydrogens is 356 g/mol. The molecule has 0 spiro atoms. The van der Waals surface area contributed by atoms with Crippen molar-refractivity contribution in [3.63, 3.8) is 0 Å². The summed E-state index contributed by atoms with van der Waals surface area (Å²) in [6, 6.07) is 24.5. The number of hydrogen-bond acceptors (Lipinski definition) is 0. The summed E-state index contributed by atoms with van der Waals surface area (Å²) >= 11 is 3.69. The second kappa shape index (κ2) is 4.70. The van der Waals surface area contributed by atoms with Crippen molar-refractivity contribution in [1.82, 2.24) is 0 Å². The molecule has 5 rings (SSSR count). The van der Waals surface area contributed by atoms with Crippen molar-refractivity contribution in [2.45, 2.75) is 19.3 Å². The van der Waals surface area contributed by atoms with E-state index in [-0.39, 0.29) is 5.41 Å². The molecule has 0 saturated carbocycles. The summed E-state index contributed by atoms with van der Waals surface area (Å²) in [6.45, 7) is 4.69. The van der Waals surface area contributed by atoms with Gasteiger partial charge in [-0.05, 0) is 68.1 Å². The van der Waals surface area contributed by atoms with E-state index in [1.54, 1.807) is 0 Å². The molecule has 4 aromatic rings. The molecule has 0 nitrogen and oxygen atoms in total. The van der Waals surface area contributed by atoms with Gasteiger partial charge in [0.05, 0.1) is 0 Å². The van der Waals surface area contributed by atoms with Crippen LogP contribution >= 0.6 is 15.9 Å². The fourth-order valence-corrected chi connectivity index (χ4v) is 4.70. The van der Waals surface area contributed by atoms with E-state index in [4.69, 9.17) is 0 Å². The van der Waals surface area contributed by atoms with Crippen molar-refractivity contribution >= 4 is 37.5 Å². The second-order valence-corrected chi connectivity index (χ2v) is 8.15. The maximum absolute atomic E-state index is 3.69. The molecule has 1 aliphatic carbocycles. The van der Waals surface area contributed by atoms with Gasteiger partial charge >= 0.3 is 0 Å². The van der Waals surface area contributed by atoms with Crippen molar-refractivity contribution in [2.24, 2.45) is 0 Å². The Balaban J connectivity index is 1.93. The molecule has 4 aromatic carbocycles. The number of halogens is 1. The lowest BCUT2D eigenvalue weighted by Gasteiger charge is -2.23. The maximum Gasteiger partial charge on any atom is 0.0184 e. The smallest absolute Gasteiger partial charge is 0.0184 e. The van der Waals surface area contributed by atoms with E-state index >= 15 is 0 Å². The van der Waals surface area contributed by atoms with E-state index in [0.717, 1.165) is 4.47 Å². The van der Waals surface area contributed by atoms with E-state index in [9.17, 15) is 0 Å². The SMILES string of the molecule is CC1(C)c2cc(Br)cc3ccc4cc(-c5ccccc5)cc1c4c23. The Hall–Kier alpha value is -2.12. The van der Waals surface area contributed by atoms with Crippen LogP contribution in [0.5, 0.6) is 0 Å². The molecule has 24 heavy (non-hydrogen) atoms. The lowest BCUT2D eigenvalue weighted by atomic mass is 9.81. The average molecular weight is 373 g/mol. The van der Waals surface area contributed by atoms with Gasteiger partial charge in [0.1, 0.15) is 0 Å². The van der Waals surface area contributed by atoms with E-state index in [1.165, 1.54) is 43.8 Å². The highest BCUT2D eigenvalue weighted by Crippen LogP contribution is 2.50. The third-order valence-corrected chi connectivity index (χ3v) is 5.91. The second-order valence-electron chi connectivity index (χ2n) is 7.23. The minimum atomic E-state index is 0.0226. The van der Waals surface area contributed by atoms with E-state index < -0.39 is 0 Å². The number of rotatable bonds is 1. The van der Waals surface area contributed by atoms with Gasteiger partial charge in [0.15, 0.2) is 0 Å². The molecule has 0 saturated heterocycles. The highest BCUT2D eigenvalue weighted by atomic mass is 79.9. The molecule has 0 unspecified atom stereocenters. The Morgan fingerprint density at radius 1 is 0.667 bits per heavy atom. The van der Waals surface area contributed by atoms with Crippen LogP contribution < -0.4 is 0 Å². The molecule has 0 heterocycles. The summed E-state index contributed by atoms with van der Waals surface area (Å²) < 4.78 is 1.16. The summed E-state index contributed by atoms with van der Waals surface area (Å²) in [5.74, 6) is 0. The topological polar surface area (TPSA) is 0 Å². The van der Waals surface area contributed by atoms with Crippen LogP contribution in [-0.2, 0) is 5.41 Å². The molecule has 0 amide bonds. The van der Waals surface area contributed by atoms with E-state index in [2.05, 4.69) is 96.5 Å². The predicted molar refractivity (Wildman–Crippen MR) is 107 cm³/mol. The van der Waals surface area contributed by atoms with Gasteiger partial charge < -0.3 is 0 Å². The average Bonchev–Trinajstić information content (AvgIpc) is 2.82. The molecular formula is C23H17Br. The Kier molecular flexibility index (Phi) is 2.79. The first-order valence-electron chi connectivity index (χ1n) is 8.32. The van der Waals surface area contributed by atoms with Crippen LogP contribution in [0.2, 0.25) is 0 Å². The fourth-order valence-electron chi connectivity index (χ4n) is 4.22. The third-order valence-electron chi connectivity index (χ3n) is 5.45. The minimum Gasteiger partial charge on any atom is -0.0622 e. The zero-order valence-electron chi connectivity index (χ0n) is 13.7. The molecule has 0 radical (unpaired) electrons. The van der Waals surface area contributed by atoms with Crippen LogP contribution in [0, 0.1) is 0 Å². The predicted octanol–water partition coefficient (Wildman–Crippen LogP) is 7.06. The van der Waals surface area contributed by atoms with Gasteiger partial charge in [0.25, 0.3) is 0 Å². The third kappa shape index (κ3) is 1.79. The summed E-state index contributed by atoms with van der Waals surface area (Å²) in [5, 5.41) is 5.52. The highest BCUT2D eigenvalue weighted by molar-refractivity contribution is 9.10. The molecule has 116 valence electrons. The molecule has 0 fully saturated rings. The molecule has 0 atom stereocenters. The molecule has 1 heteroatoms. The summed E-state index contributed by atoms with van der Waals surface area (Å²) in [7, 11) is 0. The summed E-state index contributed by atoms with van der Waals surface area (Å²) in [5.41, 5.74) is 5.48. The Morgan fingerprint density at radius 3 is 2.00 bits per heavy atom. The van der Waals surface area contributed by atoms with E-state index in [0.29, 0.717) is 0 Å². The van der Waals surface area contributed by atoms with E-state index in [1.807, 2.05) is 0 Å². The lowest BCUT2D eigenvalue weighted by Crippen LogP contribution is -2.15. The van der Waals surface area contributed by atoms with Crippen molar-refractivity contribution < 1.29 is 0 Å². The molecule has 1 aliphatic rings. The highest BCUT2D eigenvalue weighted by Gasteiger charge is 2.34. The van der Waals surface area contributed by atoms with Gasteiger partial charge in [-0.2, -0.15) is 0 Å². The molecule has 0 bridgehead atoms. The van der Waals surface area contributed by atoms with Crippen LogP contribution in [-0.4, -0.2) is 0 Å². The molecule has 0 N–H and O–H groups in total. The van der Waals surface area contributed by atoms with Gasteiger partial charge in [-0.3, -0.25) is 0 Å². The molecule has 0 aliphatic heterocycles. The Morgan fingerprint density at radius 2 is 1.29 bits per heavy atom. The first-order chi connectivity index (χ1) is 11.6. The molecule has 0 aromatic heterocycles. The minimum absolute atomic E-state index is 0.0226. The number of benzene rings is 4. The Labute approximate surface area is 150 Å². The van der Waals surface area contributed by atoms with Crippen LogP contribution in [0.25, 0.3) is 32.7 Å². The van der Waals surface area contributed by atoms with Crippen molar-refractivity contribution in [1.29, 1.82) is 0 Å². The van der Waals surface area contributed by atoms with Crippen molar-refractivity contribution in [2.75, 3.05) is 0 Å². The van der Waals surface area contributed by atoms with Gasteiger partial charge in [-0.1, -0.05) is 72.2 Å². The van der Waals surface area contributed by atoms with Crippen LogP contribution in [0.1, 0.15) is 25.0 Å². The van der Waals surface area contributed by atoms with Gasteiger partial charge in [-0.15, -0.1) is 0 Å². The first-order valence-corrected chi connectivity index (χ1v) is 9.11. The summed E-state index contributed by atoms with van der Waals surface area (Å²) in [6.07, 6.45) is 0. The van der Waals surface area contributed by atoms with Gasteiger partial charge in [-0.25, -0.2) is 0 Å². The maximum atomic E-state index is 3.69. The first kappa shape index (κ1) is 14.2. The Bertz CT molecular complexity index is 1120.